The molecule has 0 aliphatic rings. The predicted molar refractivity (Wildman–Crippen MR) is 125 cm³/mol. The Kier molecular flexibility index (Phi) is 5.48. The van der Waals surface area contributed by atoms with Gasteiger partial charge < -0.3 is 5.11 Å². The Morgan fingerprint density at radius 1 is 1.00 bits per heavy atom. The molecule has 0 bridgehead atoms. The minimum Gasteiger partial charge on any atom is -0.505 e. The van der Waals surface area contributed by atoms with E-state index in [-0.39, 0.29) is 28.1 Å². The maximum atomic E-state index is 13.0. The number of aromatic amines is 1. The molecule has 2 aromatic carbocycles. The minimum absolute atomic E-state index is 0.0180. The SMILES string of the molecule is Cc1[nH]n(-c2ccc(C(C)(C)C)cc2)c(=O)c1N=Nc1cccc(-c2cccnc2)c1O. The highest BCUT2D eigenvalue weighted by atomic mass is 16.3. The smallest absolute Gasteiger partial charge is 0.299 e. The molecule has 7 nitrogen and oxygen atoms in total. The number of H-pyrrole nitrogens is 1. The molecule has 0 fully saturated rings. The highest BCUT2D eigenvalue weighted by Gasteiger charge is 2.16. The van der Waals surface area contributed by atoms with Gasteiger partial charge in [0.05, 0.1) is 11.4 Å². The first kappa shape index (κ1) is 21.2. The van der Waals surface area contributed by atoms with E-state index in [0.29, 0.717) is 16.9 Å². The van der Waals surface area contributed by atoms with Crippen LogP contribution in [0.5, 0.6) is 5.75 Å². The van der Waals surface area contributed by atoms with Crippen LogP contribution in [-0.4, -0.2) is 19.9 Å². The molecule has 0 saturated heterocycles. The van der Waals surface area contributed by atoms with E-state index in [0.717, 1.165) is 5.56 Å². The third-order valence-electron chi connectivity index (χ3n) is 5.28. The van der Waals surface area contributed by atoms with Crippen LogP contribution >= 0.6 is 0 Å². The molecule has 2 heterocycles. The number of azo groups is 1. The van der Waals surface area contributed by atoms with Crippen molar-refractivity contribution in [2.45, 2.75) is 33.1 Å². The van der Waals surface area contributed by atoms with Gasteiger partial charge in [0.15, 0.2) is 11.4 Å². The number of phenols is 1. The van der Waals surface area contributed by atoms with E-state index < -0.39 is 0 Å². The average Bonchev–Trinajstić information content (AvgIpc) is 3.06. The summed E-state index contributed by atoms with van der Waals surface area (Å²) in [7, 11) is 0. The lowest BCUT2D eigenvalue weighted by atomic mass is 9.87. The fourth-order valence-corrected chi connectivity index (χ4v) is 3.42. The van der Waals surface area contributed by atoms with Crippen LogP contribution in [-0.2, 0) is 5.41 Å². The summed E-state index contributed by atoms with van der Waals surface area (Å²) in [6, 6.07) is 16.7. The molecule has 0 unspecified atom stereocenters. The van der Waals surface area contributed by atoms with Gasteiger partial charge in [0, 0.05) is 23.5 Å². The lowest BCUT2D eigenvalue weighted by Crippen LogP contribution is -2.15. The third-order valence-corrected chi connectivity index (χ3v) is 5.28. The van der Waals surface area contributed by atoms with Crippen molar-refractivity contribution in [1.29, 1.82) is 0 Å². The Hall–Kier alpha value is -4.00. The lowest BCUT2D eigenvalue weighted by Gasteiger charge is -2.19. The summed E-state index contributed by atoms with van der Waals surface area (Å²) in [5, 5.41) is 22.0. The van der Waals surface area contributed by atoms with Crippen LogP contribution in [0.2, 0.25) is 0 Å². The van der Waals surface area contributed by atoms with Gasteiger partial charge in [-0.15, -0.1) is 10.2 Å². The topological polar surface area (TPSA) is 95.6 Å². The number of rotatable bonds is 4. The Bertz CT molecular complexity index is 1330. The van der Waals surface area contributed by atoms with E-state index in [1.807, 2.05) is 30.3 Å². The number of benzene rings is 2. The number of nitrogens with zero attached hydrogens (tertiary/aromatic N) is 4. The zero-order valence-corrected chi connectivity index (χ0v) is 18.5. The van der Waals surface area contributed by atoms with Gasteiger partial charge in [0.1, 0.15) is 5.69 Å². The van der Waals surface area contributed by atoms with E-state index in [9.17, 15) is 9.90 Å². The first-order chi connectivity index (χ1) is 15.3. The monoisotopic (exact) mass is 427 g/mol. The van der Waals surface area contributed by atoms with E-state index in [2.05, 4.69) is 41.1 Å². The zero-order valence-electron chi connectivity index (χ0n) is 18.5. The van der Waals surface area contributed by atoms with E-state index >= 15 is 0 Å². The van der Waals surface area contributed by atoms with E-state index in [1.54, 1.807) is 43.6 Å². The molecule has 4 aromatic rings. The van der Waals surface area contributed by atoms with Gasteiger partial charge in [-0.25, -0.2) is 4.68 Å². The molecule has 2 N–H and O–H groups in total. The molecule has 4 rings (SSSR count). The van der Waals surface area contributed by atoms with Gasteiger partial charge in [-0.05, 0) is 42.2 Å². The molecular weight excluding hydrogens is 402 g/mol. The quantitative estimate of drug-likeness (QED) is 0.394. The maximum Gasteiger partial charge on any atom is 0.299 e. The third kappa shape index (κ3) is 4.09. The molecule has 0 saturated carbocycles. The summed E-state index contributed by atoms with van der Waals surface area (Å²) in [6.07, 6.45) is 3.33. The van der Waals surface area contributed by atoms with Crippen LogP contribution in [0.15, 0.2) is 82.0 Å². The van der Waals surface area contributed by atoms with Crippen molar-refractivity contribution >= 4 is 11.4 Å². The molecule has 32 heavy (non-hydrogen) atoms. The molecule has 0 aliphatic carbocycles. The van der Waals surface area contributed by atoms with Gasteiger partial charge in [-0.1, -0.05) is 51.1 Å². The Labute approximate surface area is 186 Å². The van der Waals surface area contributed by atoms with Crippen molar-refractivity contribution < 1.29 is 5.11 Å². The average molecular weight is 428 g/mol. The van der Waals surface area contributed by atoms with Gasteiger partial charge >= 0.3 is 0 Å². The zero-order chi connectivity index (χ0) is 22.9. The lowest BCUT2D eigenvalue weighted by molar-refractivity contribution is 0.478. The normalized spacial score (nSPS) is 11.9. The van der Waals surface area contributed by atoms with Crippen LogP contribution in [0.3, 0.4) is 0 Å². The molecule has 0 amide bonds. The number of para-hydroxylation sites is 1. The molecule has 2 aromatic heterocycles. The Morgan fingerprint density at radius 2 is 1.75 bits per heavy atom. The second kappa shape index (κ2) is 8.26. The van der Waals surface area contributed by atoms with Crippen LogP contribution in [0.4, 0.5) is 11.4 Å². The van der Waals surface area contributed by atoms with Gasteiger partial charge in [0.25, 0.3) is 5.56 Å². The number of aryl methyl sites for hydroxylation is 1. The van der Waals surface area contributed by atoms with Crippen LogP contribution in [0.1, 0.15) is 32.0 Å². The molecule has 162 valence electrons. The number of aromatic hydroxyl groups is 1. The summed E-state index contributed by atoms with van der Waals surface area (Å²) < 4.78 is 1.45. The maximum absolute atomic E-state index is 13.0. The van der Waals surface area contributed by atoms with Crippen molar-refractivity contribution in [3.8, 4) is 22.6 Å². The standard InChI is InChI=1S/C25H25N5O2/c1-16-22(24(32)30(29-16)19-12-10-18(11-13-19)25(2,3)4)28-27-21-9-5-8-20(23(21)31)17-7-6-14-26-15-17/h5-15,29,31H,1-4H3. The summed E-state index contributed by atoms with van der Waals surface area (Å²) >= 11 is 0. The molecule has 7 heteroatoms. The van der Waals surface area contributed by atoms with Crippen molar-refractivity contribution in [2.24, 2.45) is 10.2 Å². The number of aromatic nitrogens is 3. The van der Waals surface area contributed by atoms with Crippen LogP contribution in [0.25, 0.3) is 16.8 Å². The van der Waals surface area contributed by atoms with E-state index in [1.165, 1.54) is 10.2 Å². The van der Waals surface area contributed by atoms with Gasteiger partial charge in [-0.3, -0.25) is 14.9 Å². The highest BCUT2D eigenvalue weighted by Crippen LogP contribution is 2.37. The van der Waals surface area contributed by atoms with Crippen molar-refractivity contribution in [3.05, 3.63) is 88.6 Å². The number of pyridine rings is 1. The van der Waals surface area contributed by atoms with Crippen LogP contribution in [0, 0.1) is 6.92 Å². The van der Waals surface area contributed by atoms with E-state index in [4.69, 9.17) is 0 Å². The summed E-state index contributed by atoms with van der Waals surface area (Å²) in [5.41, 5.74) is 4.02. The second-order valence-electron chi connectivity index (χ2n) is 8.64. The number of hydrogen-bond acceptors (Lipinski definition) is 5. The molecule has 0 radical (unpaired) electrons. The molecule has 0 aliphatic heterocycles. The summed E-state index contributed by atoms with van der Waals surface area (Å²) in [4.78, 5) is 17.1. The Morgan fingerprint density at radius 3 is 2.41 bits per heavy atom. The number of hydrogen-bond donors (Lipinski definition) is 2. The van der Waals surface area contributed by atoms with Crippen molar-refractivity contribution in [3.63, 3.8) is 0 Å². The predicted octanol–water partition coefficient (Wildman–Crippen LogP) is 5.95. The number of nitrogens with one attached hydrogen (secondary N) is 1. The molecule has 0 atom stereocenters. The Balaban J connectivity index is 1.67. The minimum atomic E-state index is -0.308. The largest absolute Gasteiger partial charge is 0.505 e. The van der Waals surface area contributed by atoms with Crippen LogP contribution < -0.4 is 5.56 Å². The highest BCUT2D eigenvalue weighted by molar-refractivity contribution is 5.75. The summed E-state index contributed by atoms with van der Waals surface area (Å²) in [5.74, 6) is -0.0180. The first-order valence-electron chi connectivity index (χ1n) is 10.3. The van der Waals surface area contributed by atoms with Crippen molar-refractivity contribution in [1.82, 2.24) is 14.8 Å². The van der Waals surface area contributed by atoms with Gasteiger partial charge in [-0.2, -0.15) is 0 Å². The van der Waals surface area contributed by atoms with Gasteiger partial charge in [0.2, 0.25) is 0 Å². The fourth-order valence-electron chi connectivity index (χ4n) is 3.42. The molecular formula is C25H25N5O2. The van der Waals surface area contributed by atoms with Crippen molar-refractivity contribution in [2.75, 3.05) is 0 Å². The molecule has 0 spiro atoms. The number of phenolic OH excluding ortho intramolecular Hbond substituents is 1. The first-order valence-corrected chi connectivity index (χ1v) is 10.3. The fraction of sp³-hybridized carbons (Fsp3) is 0.200. The summed E-state index contributed by atoms with van der Waals surface area (Å²) in [6.45, 7) is 8.19. The second-order valence-corrected chi connectivity index (χ2v) is 8.64.